The Balaban J connectivity index is 1.30. The standard InChI is InChI=1S/C15H25N5O2/c1-22-8-4-2-3-7-19-9-12(10-19)16-15(21)14-11-20(18-17-14)13-5-6-13/h11-13H,2-10H2,1H3,(H,16,21). The summed E-state index contributed by atoms with van der Waals surface area (Å²) >= 11 is 0. The Morgan fingerprint density at radius 3 is 2.91 bits per heavy atom. The highest BCUT2D eigenvalue weighted by Gasteiger charge is 2.29. The molecular formula is C15H25N5O2. The third-order valence-corrected chi connectivity index (χ3v) is 4.28. The van der Waals surface area contributed by atoms with E-state index in [0.717, 1.165) is 45.5 Å². The zero-order chi connectivity index (χ0) is 15.4. The molecule has 1 aromatic heterocycles. The van der Waals surface area contributed by atoms with Gasteiger partial charge in [-0.05, 0) is 38.6 Å². The summed E-state index contributed by atoms with van der Waals surface area (Å²) in [7, 11) is 1.74. The number of amides is 1. The molecule has 22 heavy (non-hydrogen) atoms. The largest absolute Gasteiger partial charge is 0.385 e. The fraction of sp³-hybridized carbons (Fsp3) is 0.800. The minimum atomic E-state index is -0.100. The summed E-state index contributed by atoms with van der Waals surface area (Å²) in [5.41, 5.74) is 0.435. The number of nitrogens with one attached hydrogen (secondary N) is 1. The summed E-state index contributed by atoms with van der Waals surface area (Å²) in [6, 6.07) is 0.712. The van der Waals surface area contributed by atoms with Gasteiger partial charge in [-0.1, -0.05) is 5.21 Å². The van der Waals surface area contributed by atoms with Crippen LogP contribution in [0.25, 0.3) is 0 Å². The predicted molar refractivity (Wildman–Crippen MR) is 81.7 cm³/mol. The molecule has 0 aromatic carbocycles. The van der Waals surface area contributed by atoms with E-state index in [2.05, 4.69) is 20.5 Å². The second-order valence-electron chi connectivity index (χ2n) is 6.30. The highest BCUT2D eigenvalue weighted by molar-refractivity contribution is 5.92. The summed E-state index contributed by atoms with van der Waals surface area (Å²) in [4.78, 5) is 14.5. The van der Waals surface area contributed by atoms with Crippen molar-refractivity contribution in [2.24, 2.45) is 0 Å². The number of aromatic nitrogens is 3. The highest BCUT2D eigenvalue weighted by atomic mass is 16.5. The molecule has 1 aliphatic heterocycles. The van der Waals surface area contributed by atoms with Crippen molar-refractivity contribution in [3.8, 4) is 0 Å². The summed E-state index contributed by atoms with van der Waals surface area (Å²) < 4.78 is 6.85. The predicted octanol–water partition coefficient (Wildman–Crippen LogP) is 0.844. The number of nitrogens with zero attached hydrogens (tertiary/aromatic N) is 4. The first-order valence-corrected chi connectivity index (χ1v) is 8.20. The Morgan fingerprint density at radius 2 is 2.18 bits per heavy atom. The van der Waals surface area contributed by atoms with Crippen LogP contribution in [0.2, 0.25) is 0 Å². The maximum atomic E-state index is 12.1. The van der Waals surface area contributed by atoms with Crippen molar-refractivity contribution in [1.29, 1.82) is 0 Å². The van der Waals surface area contributed by atoms with Crippen molar-refractivity contribution in [1.82, 2.24) is 25.2 Å². The average molecular weight is 307 g/mol. The lowest BCUT2D eigenvalue weighted by atomic mass is 10.1. The van der Waals surface area contributed by atoms with E-state index in [4.69, 9.17) is 4.74 Å². The van der Waals surface area contributed by atoms with Crippen LogP contribution < -0.4 is 5.32 Å². The van der Waals surface area contributed by atoms with Crippen molar-refractivity contribution in [3.05, 3.63) is 11.9 Å². The first-order chi connectivity index (χ1) is 10.8. The van der Waals surface area contributed by atoms with Crippen molar-refractivity contribution < 1.29 is 9.53 Å². The van der Waals surface area contributed by atoms with Gasteiger partial charge in [0.1, 0.15) is 0 Å². The number of hydrogen-bond donors (Lipinski definition) is 1. The van der Waals surface area contributed by atoms with Gasteiger partial charge in [0, 0.05) is 26.8 Å². The van der Waals surface area contributed by atoms with Gasteiger partial charge in [0.05, 0.1) is 18.3 Å². The molecule has 1 aromatic rings. The first-order valence-electron chi connectivity index (χ1n) is 8.20. The average Bonchev–Trinajstić information content (AvgIpc) is 3.21. The molecule has 122 valence electrons. The fourth-order valence-corrected chi connectivity index (χ4v) is 2.76. The summed E-state index contributed by atoms with van der Waals surface area (Å²) in [5.74, 6) is -0.100. The van der Waals surface area contributed by atoms with Crippen LogP contribution in [0.3, 0.4) is 0 Å². The number of carbonyl (C=O) groups is 1. The van der Waals surface area contributed by atoms with E-state index < -0.39 is 0 Å². The zero-order valence-electron chi connectivity index (χ0n) is 13.2. The SMILES string of the molecule is COCCCCCN1CC(NC(=O)c2cn(C3CC3)nn2)C1. The lowest BCUT2D eigenvalue weighted by Gasteiger charge is -2.39. The molecule has 0 atom stereocenters. The highest BCUT2D eigenvalue weighted by Crippen LogP contribution is 2.33. The Bertz CT molecular complexity index is 494. The molecule has 1 N–H and O–H groups in total. The Hall–Kier alpha value is -1.47. The normalized spacial score (nSPS) is 19.1. The molecule has 7 nitrogen and oxygen atoms in total. The molecule has 1 amide bonds. The summed E-state index contributed by atoms with van der Waals surface area (Å²) in [6.07, 6.45) is 7.57. The van der Waals surface area contributed by atoms with Crippen LogP contribution in [0.4, 0.5) is 0 Å². The van der Waals surface area contributed by atoms with Gasteiger partial charge in [-0.25, -0.2) is 4.68 Å². The Morgan fingerprint density at radius 1 is 1.36 bits per heavy atom. The molecule has 1 aliphatic carbocycles. The van der Waals surface area contributed by atoms with Gasteiger partial charge in [-0.15, -0.1) is 5.10 Å². The lowest BCUT2D eigenvalue weighted by molar-refractivity contribution is 0.0801. The van der Waals surface area contributed by atoms with Gasteiger partial charge in [-0.2, -0.15) is 0 Å². The second kappa shape index (κ2) is 7.19. The number of hydrogen-bond acceptors (Lipinski definition) is 5. The summed E-state index contributed by atoms with van der Waals surface area (Å²) in [6.45, 7) is 3.83. The molecule has 2 heterocycles. The number of rotatable bonds is 9. The van der Waals surface area contributed by atoms with Gasteiger partial charge in [0.15, 0.2) is 5.69 Å². The number of methoxy groups -OCH3 is 1. The van der Waals surface area contributed by atoms with Crippen LogP contribution in [-0.2, 0) is 4.74 Å². The molecule has 0 unspecified atom stereocenters. The molecule has 0 bridgehead atoms. The fourth-order valence-electron chi connectivity index (χ4n) is 2.76. The van der Waals surface area contributed by atoms with Gasteiger partial charge < -0.3 is 10.1 Å². The topological polar surface area (TPSA) is 72.3 Å². The minimum Gasteiger partial charge on any atom is -0.385 e. The maximum absolute atomic E-state index is 12.1. The van der Waals surface area contributed by atoms with E-state index in [0.29, 0.717) is 11.7 Å². The third kappa shape index (κ3) is 4.04. The van der Waals surface area contributed by atoms with Crippen molar-refractivity contribution in [2.75, 3.05) is 33.4 Å². The van der Waals surface area contributed by atoms with Crippen molar-refractivity contribution >= 4 is 5.91 Å². The zero-order valence-corrected chi connectivity index (χ0v) is 13.2. The van der Waals surface area contributed by atoms with Crippen LogP contribution in [0.15, 0.2) is 6.20 Å². The Labute approximate surface area is 131 Å². The van der Waals surface area contributed by atoms with Crippen LogP contribution in [0.5, 0.6) is 0 Å². The van der Waals surface area contributed by atoms with Crippen molar-refractivity contribution in [3.63, 3.8) is 0 Å². The van der Waals surface area contributed by atoms with Crippen LogP contribution in [0, 0.1) is 0 Å². The monoisotopic (exact) mass is 307 g/mol. The molecule has 1 saturated heterocycles. The van der Waals surface area contributed by atoms with Gasteiger partial charge >= 0.3 is 0 Å². The third-order valence-electron chi connectivity index (χ3n) is 4.28. The van der Waals surface area contributed by atoms with E-state index in [1.807, 2.05) is 4.68 Å². The van der Waals surface area contributed by atoms with Crippen LogP contribution in [-0.4, -0.2) is 65.2 Å². The van der Waals surface area contributed by atoms with Crippen molar-refractivity contribution in [2.45, 2.75) is 44.2 Å². The first kappa shape index (κ1) is 15.4. The Kier molecular flexibility index (Phi) is 5.04. The van der Waals surface area contributed by atoms with E-state index in [1.54, 1.807) is 13.3 Å². The van der Waals surface area contributed by atoms with E-state index in [-0.39, 0.29) is 11.9 Å². The quantitative estimate of drug-likeness (QED) is 0.685. The van der Waals surface area contributed by atoms with Gasteiger partial charge in [-0.3, -0.25) is 9.69 Å². The van der Waals surface area contributed by atoms with E-state index in [9.17, 15) is 4.79 Å². The van der Waals surface area contributed by atoms with Gasteiger partial charge in [0.25, 0.3) is 5.91 Å². The molecular weight excluding hydrogens is 282 g/mol. The molecule has 0 spiro atoms. The van der Waals surface area contributed by atoms with E-state index in [1.165, 1.54) is 12.8 Å². The molecule has 3 rings (SSSR count). The number of unbranched alkanes of at least 4 members (excludes halogenated alkanes) is 2. The van der Waals surface area contributed by atoms with Crippen LogP contribution in [0.1, 0.15) is 48.6 Å². The van der Waals surface area contributed by atoms with E-state index >= 15 is 0 Å². The van der Waals surface area contributed by atoms with Gasteiger partial charge in [0.2, 0.25) is 0 Å². The second-order valence-corrected chi connectivity index (χ2v) is 6.30. The molecule has 0 radical (unpaired) electrons. The smallest absolute Gasteiger partial charge is 0.273 e. The minimum absolute atomic E-state index is 0.100. The summed E-state index contributed by atoms with van der Waals surface area (Å²) in [5, 5.41) is 11.0. The van der Waals surface area contributed by atoms with Crippen LogP contribution >= 0.6 is 0 Å². The maximum Gasteiger partial charge on any atom is 0.273 e. The molecule has 2 fully saturated rings. The lowest BCUT2D eigenvalue weighted by Crippen LogP contribution is -2.59. The number of likely N-dealkylation sites (tertiary alicyclic amines) is 1. The molecule has 7 heteroatoms. The number of carbonyl (C=O) groups excluding carboxylic acids is 1. The molecule has 1 saturated carbocycles. The number of ether oxygens (including phenoxy) is 1. The molecule has 2 aliphatic rings.